The molecule has 3 aromatic carbocycles. The summed E-state index contributed by atoms with van der Waals surface area (Å²) in [4.78, 5) is 26.7. The van der Waals surface area contributed by atoms with Crippen LogP contribution in [0, 0.1) is 0 Å². The summed E-state index contributed by atoms with van der Waals surface area (Å²) in [6, 6.07) is 25.4. The zero-order valence-corrected chi connectivity index (χ0v) is 18.8. The Bertz CT molecular complexity index is 1270. The van der Waals surface area contributed by atoms with E-state index in [4.69, 9.17) is 10.5 Å². The number of thiophene rings is 1. The third-order valence-corrected chi connectivity index (χ3v) is 6.00. The number of nitrogen functional groups attached to an aromatic ring is 1. The maximum absolute atomic E-state index is 13.3. The van der Waals surface area contributed by atoms with Gasteiger partial charge in [0.15, 0.2) is 0 Å². The summed E-state index contributed by atoms with van der Waals surface area (Å²) < 4.78 is 5.70. The van der Waals surface area contributed by atoms with E-state index < -0.39 is 5.91 Å². The predicted octanol–water partition coefficient (Wildman–Crippen LogP) is 5.96. The molecule has 0 radical (unpaired) electrons. The van der Waals surface area contributed by atoms with E-state index in [1.165, 1.54) is 0 Å². The van der Waals surface area contributed by atoms with Crippen molar-refractivity contribution in [2.45, 2.75) is 6.92 Å². The van der Waals surface area contributed by atoms with Gasteiger partial charge >= 0.3 is 0 Å². The molecule has 1 amide bonds. The molecule has 33 heavy (non-hydrogen) atoms. The molecule has 0 fully saturated rings. The highest BCUT2D eigenvalue weighted by atomic mass is 32.1. The number of ketones is 1. The first-order valence-corrected chi connectivity index (χ1v) is 11.3. The number of hydrogen-bond donors (Lipinski definition) is 3. The van der Waals surface area contributed by atoms with Gasteiger partial charge in [-0.2, -0.15) is 0 Å². The highest BCUT2D eigenvalue weighted by Gasteiger charge is 2.27. The SMILES string of the molecule is CCOc1ccccc1Nc1sc(C(=O)c2ccccc2)c(N)c1C(=O)Nc1ccccc1. The topological polar surface area (TPSA) is 93.4 Å². The molecule has 0 atom stereocenters. The first-order chi connectivity index (χ1) is 16.1. The number of carbonyl (C=O) groups is 2. The molecular weight excluding hydrogens is 434 g/mol. The number of amides is 1. The van der Waals surface area contributed by atoms with Crippen LogP contribution >= 0.6 is 11.3 Å². The summed E-state index contributed by atoms with van der Waals surface area (Å²) in [7, 11) is 0. The highest BCUT2D eigenvalue weighted by Crippen LogP contribution is 2.40. The maximum Gasteiger partial charge on any atom is 0.260 e. The van der Waals surface area contributed by atoms with Crippen LogP contribution in [-0.2, 0) is 0 Å². The molecule has 0 aliphatic heterocycles. The average molecular weight is 458 g/mol. The Kier molecular flexibility index (Phi) is 6.71. The smallest absolute Gasteiger partial charge is 0.260 e. The molecule has 0 aliphatic rings. The summed E-state index contributed by atoms with van der Waals surface area (Å²) >= 11 is 1.15. The lowest BCUT2D eigenvalue weighted by molar-refractivity contribution is 0.102. The Hall–Kier alpha value is -4.10. The quantitative estimate of drug-likeness (QED) is 0.284. The molecular formula is C26H23N3O3S. The molecule has 0 saturated carbocycles. The third kappa shape index (κ3) is 4.88. The minimum Gasteiger partial charge on any atom is -0.492 e. The number of hydrogen-bond acceptors (Lipinski definition) is 6. The number of nitrogens with one attached hydrogen (secondary N) is 2. The molecule has 0 aliphatic carbocycles. The molecule has 0 unspecified atom stereocenters. The van der Waals surface area contributed by atoms with E-state index in [2.05, 4.69) is 10.6 Å². The molecule has 4 aromatic rings. The van der Waals surface area contributed by atoms with Crippen molar-refractivity contribution in [1.29, 1.82) is 0 Å². The number of para-hydroxylation sites is 3. The number of benzene rings is 3. The van der Waals surface area contributed by atoms with E-state index in [0.717, 1.165) is 11.3 Å². The molecule has 6 nitrogen and oxygen atoms in total. The first kappa shape index (κ1) is 22.1. The molecule has 0 bridgehead atoms. The second kappa shape index (κ2) is 10.0. The van der Waals surface area contributed by atoms with Gasteiger partial charge in [0, 0.05) is 11.3 Å². The Labute approximate surface area is 196 Å². The number of rotatable bonds is 8. The molecule has 1 heterocycles. The zero-order chi connectivity index (χ0) is 23.2. The van der Waals surface area contributed by atoms with Gasteiger partial charge in [-0.1, -0.05) is 60.7 Å². The van der Waals surface area contributed by atoms with Crippen molar-refractivity contribution in [3.63, 3.8) is 0 Å². The lowest BCUT2D eigenvalue weighted by Gasteiger charge is -2.13. The Balaban J connectivity index is 1.77. The fourth-order valence-corrected chi connectivity index (χ4v) is 4.43. The van der Waals surface area contributed by atoms with E-state index >= 15 is 0 Å². The first-order valence-electron chi connectivity index (χ1n) is 10.5. The van der Waals surface area contributed by atoms with Gasteiger partial charge < -0.3 is 21.1 Å². The number of anilines is 4. The van der Waals surface area contributed by atoms with Gasteiger partial charge in [-0.05, 0) is 31.2 Å². The Morgan fingerprint density at radius 3 is 2.24 bits per heavy atom. The van der Waals surface area contributed by atoms with Crippen LogP contribution < -0.4 is 21.1 Å². The van der Waals surface area contributed by atoms with Crippen molar-refractivity contribution in [1.82, 2.24) is 0 Å². The minimum atomic E-state index is -0.404. The number of carbonyl (C=O) groups excluding carboxylic acids is 2. The van der Waals surface area contributed by atoms with E-state index in [-0.39, 0.29) is 17.0 Å². The largest absolute Gasteiger partial charge is 0.492 e. The van der Waals surface area contributed by atoms with Crippen LogP contribution in [0.2, 0.25) is 0 Å². The normalized spacial score (nSPS) is 10.5. The van der Waals surface area contributed by atoms with Gasteiger partial charge in [0.25, 0.3) is 5.91 Å². The zero-order valence-electron chi connectivity index (χ0n) is 18.0. The number of nitrogens with two attached hydrogens (primary N) is 1. The standard InChI is InChI=1S/C26H23N3O3S/c1-2-32-20-16-10-9-15-19(20)29-26-21(25(31)28-18-13-7-4-8-14-18)22(27)24(33-26)23(30)17-11-5-3-6-12-17/h3-16,29H,2,27H2,1H3,(H,28,31). The minimum absolute atomic E-state index is 0.138. The lowest BCUT2D eigenvalue weighted by Crippen LogP contribution is -2.15. The molecule has 1 aromatic heterocycles. The fourth-order valence-electron chi connectivity index (χ4n) is 3.34. The molecule has 7 heteroatoms. The molecule has 0 spiro atoms. The maximum atomic E-state index is 13.3. The van der Waals surface area contributed by atoms with Crippen LogP contribution in [0.15, 0.2) is 84.9 Å². The second-order valence-electron chi connectivity index (χ2n) is 7.12. The third-order valence-electron chi connectivity index (χ3n) is 4.88. The van der Waals surface area contributed by atoms with Crippen molar-refractivity contribution >= 4 is 45.1 Å². The van der Waals surface area contributed by atoms with Gasteiger partial charge in [0.05, 0.1) is 23.5 Å². The monoisotopic (exact) mass is 457 g/mol. The van der Waals surface area contributed by atoms with Crippen LogP contribution in [0.1, 0.15) is 32.5 Å². The second-order valence-corrected chi connectivity index (χ2v) is 8.14. The fraction of sp³-hybridized carbons (Fsp3) is 0.0769. The van der Waals surface area contributed by atoms with Gasteiger partial charge in [-0.3, -0.25) is 9.59 Å². The predicted molar refractivity (Wildman–Crippen MR) is 134 cm³/mol. The van der Waals surface area contributed by atoms with E-state index in [0.29, 0.717) is 39.2 Å². The number of ether oxygens (including phenoxy) is 1. The summed E-state index contributed by atoms with van der Waals surface area (Å²) in [5.74, 6) is -0.00576. The van der Waals surface area contributed by atoms with Crippen LogP contribution in [0.25, 0.3) is 0 Å². The van der Waals surface area contributed by atoms with Crippen molar-refractivity contribution in [3.8, 4) is 5.75 Å². The van der Waals surface area contributed by atoms with Gasteiger partial charge in [0.2, 0.25) is 5.78 Å². The molecule has 4 N–H and O–H groups in total. The molecule has 0 saturated heterocycles. The van der Waals surface area contributed by atoms with Gasteiger partial charge in [-0.25, -0.2) is 0 Å². The van der Waals surface area contributed by atoms with Crippen molar-refractivity contribution in [2.75, 3.05) is 23.0 Å². The molecule has 166 valence electrons. The molecule has 4 rings (SSSR count). The van der Waals surface area contributed by atoms with Crippen LogP contribution in [0.4, 0.5) is 22.1 Å². The van der Waals surface area contributed by atoms with Crippen molar-refractivity contribution in [2.24, 2.45) is 0 Å². The average Bonchev–Trinajstić information content (AvgIpc) is 3.17. The Morgan fingerprint density at radius 2 is 1.55 bits per heavy atom. The van der Waals surface area contributed by atoms with Crippen molar-refractivity contribution in [3.05, 3.63) is 101 Å². The Morgan fingerprint density at radius 1 is 0.909 bits per heavy atom. The van der Waals surface area contributed by atoms with Gasteiger partial charge in [0.1, 0.15) is 15.6 Å². The summed E-state index contributed by atoms with van der Waals surface area (Å²) in [5, 5.41) is 6.59. The van der Waals surface area contributed by atoms with E-state index in [1.54, 1.807) is 36.4 Å². The van der Waals surface area contributed by atoms with Crippen LogP contribution in [0.5, 0.6) is 5.75 Å². The van der Waals surface area contributed by atoms with E-state index in [9.17, 15) is 9.59 Å². The summed E-state index contributed by atoms with van der Waals surface area (Å²) in [6.07, 6.45) is 0. The van der Waals surface area contributed by atoms with Crippen LogP contribution in [0.3, 0.4) is 0 Å². The van der Waals surface area contributed by atoms with Crippen molar-refractivity contribution < 1.29 is 14.3 Å². The van der Waals surface area contributed by atoms with E-state index in [1.807, 2.05) is 55.5 Å². The van der Waals surface area contributed by atoms with Crippen LogP contribution in [-0.4, -0.2) is 18.3 Å². The lowest BCUT2D eigenvalue weighted by atomic mass is 10.1. The van der Waals surface area contributed by atoms with Gasteiger partial charge in [-0.15, -0.1) is 11.3 Å². The summed E-state index contributed by atoms with van der Waals surface area (Å²) in [6.45, 7) is 2.39. The highest BCUT2D eigenvalue weighted by molar-refractivity contribution is 7.19. The summed E-state index contributed by atoms with van der Waals surface area (Å²) in [5.41, 5.74) is 8.56.